The maximum atomic E-state index is 13.3. The van der Waals surface area contributed by atoms with Crippen LogP contribution in [0.4, 0.5) is 0 Å². The van der Waals surface area contributed by atoms with Gasteiger partial charge in [-0.1, -0.05) is 71.5 Å². The van der Waals surface area contributed by atoms with Crippen molar-refractivity contribution in [1.82, 2.24) is 24.4 Å². The minimum Gasteiger partial charge on any atom is -0.426 e. The van der Waals surface area contributed by atoms with Crippen LogP contribution in [-0.2, 0) is 4.79 Å². The number of hydrogen-bond donors (Lipinski definition) is 0. The normalized spacial score (nSPS) is 11.8. The third-order valence-electron chi connectivity index (χ3n) is 5.94. The lowest BCUT2D eigenvalue weighted by Gasteiger charge is -2.04. The molecule has 0 aliphatic heterocycles. The van der Waals surface area contributed by atoms with Crippen LogP contribution in [0.3, 0.4) is 0 Å². The summed E-state index contributed by atoms with van der Waals surface area (Å²) in [5.41, 5.74) is 4.85. The Bertz CT molecular complexity index is 1900. The molecule has 3 aromatic carbocycles. The summed E-state index contributed by atoms with van der Waals surface area (Å²) in [6, 6.07) is 24.9. The van der Waals surface area contributed by atoms with E-state index in [-0.39, 0.29) is 5.56 Å². The molecule has 0 radical (unpaired) electrons. The van der Waals surface area contributed by atoms with Crippen molar-refractivity contribution in [3.63, 3.8) is 0 Å². The summed E-state index contributed by atoms with van der Waals surface area (Å²) in [4.78, 5) is 29.8. The monoisotopic (exact) mass is 519 g/mol. The van der Waals surface area contributed by atoms with Crippen LogP contribution in [0.2, 0.25) is 0 Å². The molecule has 3 heterocycles. The molecule has 0 aliphatic carbocycles. The first kappa shape index (κ1) is 23.5. The highest BCUT2D eigenvalue weighted by Crippen LogP contribution is 2.28. The summed E-state index contributed by atoms with van der Waals surface area (Å²) >= 11 is 1.24. The van der Waals surface area contributed by atoms with E-state index >= 15 is 0 Å². The molecule has 0 unspecified atom stereocenters. The van der Waals surface area contributed by atoms with Crippen molar-refractivity contribution in [3.8, 4) is 34.1 Å². The SMILES string of the molecule is CC(=O)Oc1ccccc1-c1nc2s/c(=C/c3cn(-c4ccccc4)nc3-c3ccc(C)cc3)c(=O)n2n1. The van der Waals surface area contributed by atoms with Crippen molar-refractivity contribution in [2.75, 3.05) is 0 Å². The van der Waals surface area contributed by atoms with Crippen LogP contribution < -0.4 is 14.8 Å². The van der Waals surface area contributed by atoms with E-state index in [1.54, 1.807) is 24.3 Å². The van der Waals surface area contributed by atoms with Crippen LogP contribution in [0, 0.1) is 6.92 Å². The quantitative estimate of drug-likeness (QED) is 0.247. The fourth-order valence-corrected chi connectivity index (χ4v) is 5.02. The first-order valence-corrected chi connectivity index (χ1v) is 12.7. The van der Waals surface area contributed by atoms with Gasteiger partial charge in [0.05, 0.1) is 21.5 Å². The fraction of sp³-hybridized carbons (Fsp3) is 0.0690. The second-order valence-electron chi connectivity index (χ2n) is 8.71. The Hall–Kier alpha value is -4.89. The largest absolute Gasteiger partial charge is 0.426 e. The lowest BCUT2D eigenvalue weighted by Crippen LogP contribution is -2.23. The summed E-state index contributed by atoms with van der Waals surface area (Å²) in [6.45, 7) is 3.37. The molecule has 0 fully saturated rings. The molecule has 0 saturated heterocycles. The summed E-state index contributed by atoms with van der Waals surface area (Å²) in [5.74, 6) is 0.211. The molecule has 186 valence electrons. The Morgan fingerprint density at radius 1 is 0.947 bits per heavy atom. The molecule has 0 bridgehead atoms. The van der Waals surface area contributed by atoms with Crippen LogP contribution in [0.1, 0.15) is 18.1 Å². The van der Waals surface area contributed by atoms with Gasteiger partial charge in [-0.15, -0.1) is 5.10 Å². The van der Waals surface area contributed by atoms with Gasteiger partial charge in [0.2, 0.25) is 4.96 Å². The Morgan fingerprint density at radius 2 is 1.68 bits per heavy atom. The number of rotatable bonds is 5. The van der Waals surface area contributed by atoms with Gasteiger partial charge in [-0.3, -0.25) is 9.59 Å². The van der Waals surface area contributed by atoms with Crippen LogP contribution in [0.25, 0.3) is 39.4 Å². The first-order chi connectivity index (χ1) is 18.5. The van der Waals surface area contributed by atoms with E-state index in [9.17, 15) is 9.59 Å². The molecule has 3 aromatic heterocycles. The number of carbonyl (C=O) groups is 1. The van der Waals surface area contributed by atoms with Crippen molar-refractivity contribution in [2.24, 2.45) is 0 Å². The predicted molar refractivity (Wildman–Crippen MR) is 146 cm³/mol. The molecular formula is C29H21N5O3S. The van der Waals surface area contributed by atoms with Crippen molar-refractivity contribution >= 4 is 28.3 Å². The molecule has 0 aliphatic rings. The smallest absolute Gasteiger partial charge is 0.308 e. The third-order valence-corrected chi connectivity index (χ3v) is 6.90. The number of esters is 1. The maximum Gasteiger partial charge on any atom is 0.308 e. The average Bonchev–Trinajstić information content (AvgIpc) is 3.60. The molecule has 0 spiro atoms. The van der Waals surface area contributed by atoms with Gasteiger partial charge in [0.1, 0.15) is 5.75 Å². The van der Waals surface area contributed by atoms with Crippen molar-refractivity contribution < 1.29 is 9.53 Å². The Morgan fingerprint density at radius 3 is 2.42 bits per heavy atom. The van der Waals surface area contributed by atoms with E-state index in [2.05, 4.69) is 10.1 Å². The van der Waals surface area contributed by atoms with Crippen molar-refractivity contribution in [2.45, 2.75) is 13.8 Å². The molecule has 38 heavy (non-hydrogen) atoms. The second-order valence-corrected chi connectivity index (χ2v) is 9.72. The van der Waals surface area contributed by atoms with Crippen LogP contribution in [-0.4, -0.2) is 30.3 Å². The van der Waals surface area contributed by atoms with Crippen molar-refractivity contribution in [3.05, 3.63) is 111 Å². The minimum absolute atomic E-state index is 0.281. The number of fused-ring (bicyclic) bond motifs is 1. The van der Waals surface area contributed by atoms with Gasteiger partial charge < -0.3 is 4.74 Å². The lowest BCUT2D eigenvalue weighted by molar-refractivity contribution is -0.131. The molecule has 0 amide bonds. The van der Waals surface area contributed by atoms with E-state index in [4.69, 9.17) is 9.84 Å². The molecule has 0 saturated carbocycles. The van der Waals surface area contributed by atoms with Gasteiger partial charge in [0.25, 0.3) is 5.56 Å². The molecule has 0 N–H and O–H groups in total. The van der Waals surface area contributed by atoms with Gasteiger partial charge >= 0.3 is 5.97 Å². The minimum atomic E-state index is -0.444. The van der Waals surface area contributed by atoms with Crippen LogP contribution >= 0.6 is 11.3 Å². The topological polar surface area (TPSA) is 91.4 Å². The Balaban J connectivity index is 1.46. The molecule has 6 rings (SSSR count). The zero-order valence-electron chi connectivity index (χ0n) is 20.5. The van der Waals surface area contributed by atoms with Gasteiger partial charge in [0, 0.05) is 24.2 Å². The van der Waals surface area contributed by atoms with Gasteiger partial charge in [-0.25, -0.2) is 4.68 Å². The zero-order valence-corrected chi connectivity index (χ0v) is 21.3. The zero-order chi connectivity index (χ0) is 26.2. The number of aryl methyl sites for hydroxylation is 1. The second kappa shape index (κ2) is 9.53. The predicted octanol–water partition coefficient (Wildman–Crippen LogP) is 4.45. The highest BCUT2D eigenvalue weighted by atomic mass is 32.1. The fourth-order valence-electron chi connectivity index (χ4n) is 4.13. The van der Waals surface area contributed by atoms with Crippen LogP contribution in [0.5, 0.6) is 5.75 Å². The van der Waals surface area contributed by atoms with Gasteiger partial charge in [0.15, 0.2) is 5.82 Å². The molecule has 9 heteroatoms. The average molecular weight is 520 g/mol. The third kappa shape index (κ3) is 4.39. The highest BCUT2D eigenvalue weighted by molar-refractivity contribution is 7.15. The number of aromatic nitrogens is 5. The lowest BCUT2D eigenvalue weighted by atomic mass is 10.1. The van der Waals surface area contributed by atoms with Gasteiger partial charge in [-0.2, -0.15) is 14.6 Å². The molecular weight excluding hydrogens is 498 g/mol. The van der Waals surface area contributed by atoms with Crippen LogP contribution in [0.15, 0.2) is 89.9 Å². The summed E-state index contributed by atoms with van der Waals surface area (Å²) in [7, 11) is 0. The van der Waals surface area contributed by atoms with E-state index in [1.165, 1.54) is 22.8 Å². The van der Waals surface area contributed by atoms with Crippen molar-refractivity contribution in [1.29, 1.82) is 0 Å². The maximum absolute atomic E-state index is 13.3. The highest BCUT2D eigenvalue weighted by Gasteiger charge is 2.17. The summed E-state index contributed by atoms with van der Waals surface area (Å²) in [5, 5.41) is 9.27. The number of benzene rings is 3. The van der Waals surface area contributed by atoms with E-state index in [0.717, 1.165) is 28.1 Å². The number of ether oxygens (including phenoxy) is 1. The number of thiazole rings is 1. The Labute approximate surface area is 221 Å². The standard InChI is InChI=1S/C29H21N5O3S/c1-18-12-14-20(15-13-18)26-21(17-33(31-26)22-8-4-3-5-9-22)16-25-28(36)34-29(38-25)30-27(32-34)23-10-6-7-11-24(23)37-19(2)35/h3-17H,1-2H3/b25-16+. The first-order valence-electron chi connectivity index (χ1n) is 11.9. The number of hydrogen-bond acceptors (Lipinski definition) is 7. The van der Waals surface area contributed by atoms with E-state index in [1.807, 2.05) is 78.5 Å². The molecule has 8 nitrogen and oxygen atoms in total. The van der Waals surface area contributed by atoms with Gasteiger partial charge in [-0.05, 0) is 37.3 Å². The van der Waals surface area contributed by atoms with E-state index in [0.29, 0.717) is 26.6 Å². The van der Waals surface area contributed by atoms with E-state index < -0.39 is 5.97 Å². The summed E-state index contributed by atoms with van der Waals surface area (Å²) < 4.78 is 8.87. The number of nitrogens with zero attached hydrogens (tertiary/aromatic N) is 5. The number of carbonyl (C=O) groups excluding carboxylic acids is 1. The molecule has 0 atom stereocenters. The Kier molecular flexibility index (Phi) is 5.89. The number of para-hydroxylation sites is 2. The summed E-state index contributed by atoms with van der Waals surface area (Å²) in [6.07, 6.45) is 3.75. The molecule has 6 aromatic rings.